The number of aromatic nitrogens is 1. The van der Waals surface area contributed by atoms with Crippen LogP contribution in [0.3, 0.4) is 0 Å². The van der Waals surface area contributed by atoms with Gasteiger partial charge in [-0.1, -0.05) is 37.1 Å². The van der Waals surface area contributed by atoms with Gasteiger partial charge in [-0.2, -0.15) is 0 Å². The van der Waals surface area contributed by atoms with Crippen molar-refractivity contribution in [2.75, 3.05) is 5.32 Å². The molecule has 0 fully saturated rings. The van der Waals surface area contributed by atoms with Crippen molar-refractivity contribution in [3.8, 4) is 0 Å². The minimum atomic E-state index is -0.737. The maximum atomic E-state index is 13.0. The summed E-state index contributed by atoms with van der Waals surface area (Å²) in [5.74, 6) is -1.08. The Morgan fingerprint density at radius 1 is 0.938 bits per heavy atom. The number of unbranched alkanes of at least 4 members (excludes halogenated alkanes) is 2. The van der Waals surface area contributed by atoms with Crippen LogP contribution in [0, 0.1) is 0 Å². The van der Waals surface area contributed by atoms with Crippen molar-refractivity contribution >= 4 is 34.3 Å². The number of anilines is 1. The molecule has 8 nitrogen and oxygen atoms in total. The minimum absolute atomic E-state index is 0.203. The van der Waals surface area contributed by atoms with Crippen LogP contribution in [0.25, 0.3) is 10.9 Å². The number of hydroxylamine groups is 1. The third kappa shape index (κ3) is 6.61. The van der Waals surface area contributed by atoms with Crippen LogP contribution >= 0.6 is 0 Å². The molecule has 8 heteroatoms. The first kappa shape index (κ1) is 22.9. The molecule has 0 unspecified atom stereocenters. The van der Waals surface area contributed by atoms with Gasteiger partial charge in [-0.25, -0.2) is 5.48 Å². The second-order valence-corrected chi connectivity index (χ2v) is 7.43. The van der Waals surface area contributed by atoms with Crippen LogP contribution < -0.4 is 16.1 Å². The predicted octanol–water partition coefficient (Wildman–Crippen LogP) is 3.43. The summed E-state index contributed by atoms with van der Waals surface area (Å²) in [6, 6.07) is 17.2. The molecule has 0 spiro atoms. The molecule has 0 aliphatic carbocycles. The number of carbonyl (C=O) groups excluding carboxylic acids is 3. The van der Waals surface area contributed by atoms with E-state index in [9.17, 15) is 14.4 Å². The summed E-state index contributed by atoms with van der Waals surface area (Å²) in [6.07, 6.45) is 4.22. The van der Waals surface area contributed by atoms with Gasteiger partial charge in [-0.15, -0.1) is 0 Å². The van der Waals surface area contributed by atoms with Crippen molar-refractivity contribution in [1.29, 1.82) is 0 Å². The standard InChI is InChI=1S/C24H26N4O4/c29-22(28-32)12-6-2-5-11-21(27-23(30)17-8-3-1-4-9-17)24(31)26-19-13-14-20-18(16-19)10-7-15-25-20/h1,3-4,7-10,13-16,21,32H,2,5-6,11-12H2,(H,26,31)(H,27,30)(H,28,29)/t21-/m1/s1. The number of nitrogens with zero attached hydrogens (tertiary/aromatic N) is 1. The van der Waals surface area contributed by atoms with Crippen LogP contribution in [-0.4, -0.2) is 34.0 Å². The number of hydrogen-bond donors (Lipinski definition) is 4. The molecule has 4 N–H and O–H groups in total. The van der Waals surface area contributed by atoms with E-state index in [1.54, 1.807) is 42.0 Å². The molecule has 3 rings (SSSR count). The van der Waals surface area contributed by atoms with Crippen LogP contribution in [0.5, 0.6) is 0 Å². The van der Waals surface area contributed by atoms with E-state index in [0.717, 1.165) is 10.9 Å². The number of amides is 3. The first-order chi connectivity index (χ1) is 15.6. The Bertz CT molecular complexity index is 1070. The van der Waals surface area contributed by atoms with Gasteiger partial charge in [0, 0.05) is 29.3 Å². The van der Waals surface area contributed by atoms with Crippen LogP contribution in [0.2, 0.25) is 0 Å². The highest BCUT2D eigenvalue weighted by molar-refractivity contribution is 6.01. The lowest BCUT2D eigenvalue weighted by Gasteiger charge is -2.19. The third-order valence-electron chi connectivity index (χ3n) is 5.05. The quantitative estimate of drug-likeness (QED) is 0.221. The highest BCUT2D eigenvalue weighted by Gasteiger charge is 2.21. The van der Waals surface area contributed by atoms with Gasteiger partial charge in [0.05, 0.1) is 5.52 Å². The van der Waals surface area contributed by atoms with E-state index in [4.69, 9.17) is 5.21 Å². The molecule has 32 heavy (non-hydrogen) atoms. The first-order valence-electron chi connectivity index (χ1n) is 10.5. The smallest absolute Gasteiger partial charge is 0.251 e. The average Bonchev–Trinajstić information content (AvgIpc) is 2.83. The lowest BCUT2D eigenvalue weighted by molar-refractivity contribution is -0.129. The van der Waals surface area contributed by atoms with Crippen molar-refractivity contribution in [3.05, 3.63) is 72.4 Å². The van der Waals surface area contributed by atoms with Gasteiger partial charge < -0.3 is 10.6 Å². The van der Waals surface area contributed by atoms with Crippen molar-refractivity contribution < 1.29 is 19.6 Å². The van der Waals surface area contributed by atoms with Gasteiger partial charge >= 0.3 is 0 Å². The van der Waals surface area contributed by atoms with Gasteiger partial charge in [-0.3, -0.25) is 24.6 Å². The monoisotopic (exact) mass is 434 g/mol. The largest absolute Gasteiger partial charge is 0.340 e. The lowest BCUT2D eigenvalue weighted by atomic mass is 10.0. The number of fused-ring (bicyclic) bond motifs is 1. The maximum absolute atomic E-state index is 13.0. The van der Waals surface area contributed by atoms with E-state index in [1.807, 2.05) is 30.3 Å². The maximum Gasteiger partial charge on any atom is 0.251 e. The molecule has 1 heterocycles. The van der Waals surface area contributed by atoms with E-state index in [0.29, 0.717) is 36.9 Å². The average molecular weight is 434 g/mol. The molecule has 3 amide bonds. The van der Waals surface area contributed by atoms with Gasteiger partial charge in [-0.05, 0) is 49.2 Å². The number of nitrogens with one attached hydrogen (secondary N) is 3. The first-order valence-corrected chi connectivity index (χ1v) is 10.5. The minimum Gasteiger partial charge on any atom is -0.340 e. The third-order valence-corrected chi connectivity index (χ3v) is 5.05. The topological polar surface area (TPSA) is 120 Å². The van der Waals surface area contributed by atoms with Crippen molar-refractivity contribution in [3.63, 3.8) is 0 Å². The predicted molar refractivity (Wildman–Crippen MR) is 121 cm³/mol. The van der Waals surface area contributed by atoms with Crippen LogP contribution in [0.1, 0.15) is 42.5 Å². The summed E-state index contributed by atoms with van der Waals surface area (Å²) in [5.41, 5.74) is 3.52. The fourth-order valence-electron chi connectivity index (χ4n) is 3.35. The van der Waals surface area contributed by atoms with E-state index in [2.05, 4.69) is 15.6 Å². The van der Waals surface area contributed by atoms with Crippen molar-refractivity contribution in [2.45, 2.75) is 38.1 Å². The van der Waals surface area contributed by atoms with Crippen LogP contribution in [0.4, 0.5) is 5.69 Å². The van der Waals surface area contributed by atoms with Crippen molar-refractivity contribution in [2.24, 2.45) is 0 Å². The number of carbonyl (C=O) groups is 3. The van der Waals surface area contributed by atoms with Gasteiger partial charge in [0.1, 0.15) is 6.04 Å². The molecule has 1 aromatic heterocycles. The molecular weight excluding hydrogens is 408 g/mol. The molecule has 3 aromatic rings. The summed E-state index contributed by atoms with van der Waals surface area (Å²) in [4.78, 5) is 41.0. The highest BCUT2D eigenvalue weighted by Crippen LogP contribution is 2.18. The second kappa shape index (κ2) is 11.6. The molecule has 0 radical (unpaired) electrons. The molecule has 166 valence electrons. The number of hydrogen-bond acceptors (Lipinski definition) is 5. The fourth-order valence-corrected chi connectivity index (χ4v) is 3.35. The summed E-state index contributed by atoms with van der Waals surface area (Å²) in [5, 5.41) is 15.2. The Hall–Kier alpha value is -3.78. The van der Waals surface area contributed by atoms with Gasteiger partial charge in [0.25, 0.3) is 5.91 Å². The number of benzene rings is 2. The van der Waals surface area contributed by atoms with Gasteiger partial charge in [0.15, 0.2) is 0 Å². The molecule has 0 saturated carbocycles. The van der Waals surface area contributed by atoms with Gasteiger partial charge in [0.2, 0.25) is 11.8 Å². The zero-order valence-corrected chi connectivity index (χ0v) is 17.6. The lowest BCUT2D eigenvalue weighted by Crippen LogP contribution is -2.43. The van der Waals surface area contributed by atoms with Crippen molar-refractivity contribution in [1.82, 2.24) is 15.8 Å². The van der Waals surface area contributed by atoms with E-state index < -0.39 is 11.9 Å². The second-order valence-electron chi connectivity index (χ2n) is 7.43. The molecular formula is C24H26N4O4. The summed E-state index contributed by atoms with van der Waals surface area (Å²) in [6.45, 7) is 0. The molecule has 0 aliphatic rings. The Morgan fingerprint density at radius 2 is 1.75 bits per heavy atom. The van der Waals surface area contributed by atoms with E-state index >= 15 is 0 Å². The molecule has 0 bridgehead atoms. The molecule has 0 saturated heterocycles. The Kier molecular flexibility index (Phi) is 8.28. The molecule has 2 aromatic carbocycles. The SMILES string of the molecule is O=C(CCCCC[C@@H](NC(=O)c1ccccc1)C(=O)Nc1ccc2ncccc2c1)NO. The highest BCUT2D eigenvalue weighted by atomic mass is 16.5. The van der Waals surface area contributed by atoms with Crippen LogP contribution in [-0.2, 0) is 9.59 Å². The number of pyridine rings is 1. The molecule has 0 aliphatic heterocycles. The Morgan fingerprint density at radius 3 is 2.53 bits per heavy atom. The summed E-state index contributed by atoms with van der Waals surface area (Å²) in [7, 11) is 0. The summed E-state index contributed by atoms with van der Waals surface area (Å²) >= 11 is 0. The Labute approximate surface area is 186 Å². The van der Waals surface area contributed by atoms with Crippen LogP contribution in [0.15, 0.2) is 66.9 Å². The number of rotatable bonds is 10. The zero-order chi connectivity index (χ0) is 22.8. The Balaban J connectivity index is 1.65. The normalized spacial score (nSPS) is 11.5. The summed E-state index contributed by atoms with van der Waals surface area (Å²) < 4.78 is 0. The zero-order valence-electron chi connectivity index (χ0n) is 17.6. The van der Waals surface area contributed by atoms with E-state index in [1.165, 1.54) is 0 Å². The van der Waals surface area contributed by atoms with E-state index in [-0.39, 0.29) is 18.2 Å². The molecule has 1 atom stereocenters. The fraction of sp³-hybridized carbons (Fsp3) is 0.250.